The summed E-state index contributed by atoms with van der Waals surface area (Å²) >= 11 is 0. The van der Waals surface area contributed by atoms with Crippen LogP contribution in [0.3, 0.4) is 0 Å². The van der Waals surface area contributed by atoms with E-state index < -0.39 is 6.10 Å². The van der Waals surface area contributed by atoms with Crippen molar-refractivity contribution in [2.45, 2.75) is 20.0 Å². The first-order valence-electron chi connectivity index (χ1n) is 4.89. The third kappa shape index (κ3) is 1.57. The second-order valence-corrected chi connectivity index (χ2v) is 4.54. The third-order valence-electron chi connectivity index (χ3n) is 2.77. The maximum Gasteiger partial charge on any atom is 0.125 e. The Balaban J connectivity index is 2.50. The summed E-state index contributed by atoms with van der Waals surface area (Å²) in [4.78, 5) is 0. The minimum atomic E-state index is -0.574. The first-order valence-corrected chi connectivity index (χ1v) is 4.89. The molecule has 1 heterocycles. The predicted octanol–water partition coefficient (Wildman–Crippen LogP) is 2.01. The molecule has 2 rings (SSSR count). The van der Waals surface area contributed by atoms with Crippen molar-refractivity contribution in [2.24, 2.45) is 5.41 Å². The normalized spacial score (nSPS) is 22.4. The highest BCUT2D eigenvalue weighted by Gasteiger charge is 2.36. The molecule has 0 spiro atoms. The van der Waals surface area contributed by atoms with Crippen LogP contribution in [-0.4, -0.2) is 11.7 Å². The Morgan fingerprint density at radius 2 is 2.27 bits per heavy atom. The van der Waals surface area contributed by atoms with E-state index in [0.717, 1.165) is 0 Å². The van der Waals surface area contributed by atoms with Crippen molar-refractivity contribution in [2.75, 3.05) is 6.61 Å². The van der Waals surface area contributed by atoms with Gasteiger partial charge in [-0.05, 0) is 18.2 Å². The average molecular weight is 203 g/mol. The zero-order valence-electron chi connectivity index (χ0n) is 8.82. The number of benzene rings is 1. The minimum absolute atomic E-state index is 0.304. The van der Waals surface area contributed by atoms with Crippen LogP contribution in [0.15, 0.2) is 18.2 Å². The van der Waals surface area contributed by atoms with E-state index in [2.05, 4.69) is 6.07 Å². The van der Waals surface area contributed by atoms with Crippen LogP contribution in [0.4, 0.5) is 0 Å². The molecule has 1 atom stereocenters. The molecule has 3 heteroatoms. The molecule has 1 aromatic carbocycles. The fourth-order valence-electron chi connectivity index (χ4n) is 1.73. The molecule has 1 aromatic rings. The Morgan fingerprint density at radius 3 is 2.93 bits per heavy atom. The Labute approximate surface area is 88.9 Å². The first kappa shape index (κ1) is 10.0. The van der Waals surface area contributed by atoms with Crippen LogP contribution in [0, 0.1) is 16.7 Å². The highest BCUT2D eigenvalue weighted by Crippen LogP contribution is 2.42. The van der Waals surface area contributed by atoms with Gasteiger partial charge in [0.25, 0.3) is 0 Å². The van der Waals surface area contributed by atoms with Crippen molar-refractivity contribution in [1.29, 1.82) is 5.26 Å². The van der Waals surface area contributed by atoms with Crippen LogP contribution in [0.2, 0.25) is 0 Å². The molecule has 1 unspecified atom stereocenters. The number of nitrogens with zero attached hydrogens (tertiary/aromatic N) is 1. The maximum atomic E-state index is 10.1. The summed E-state index contributed by atoms with van der Waals surface area (Å²) in [5.74, 6) is 0.681. The van der Waals surface area contributed by atoms with Crippen LogP contribution >= 0.6 is 0 Å². The molecule has 1 N–H and O–H groups in total. The second-order valence-electron chi connectivity index (χ2n) is 4.54. The molecule has 1 aliphatic rings. The van der Waals surface area contributed by atoms with Crippen molar-refractivity contribution < 1.29 is 9.84 Å². The molecule has 3 nitrogen and oxygen atoms in total. The van der Waals surface area contributed by atoms with Gasteiger partial charge in [-0.25, -0.2) is 0 Å². The Bertz CT molecular complexity index is 432. The fraction of sp³-hybridized carbons (Fsp3) is 0.417. The summed E-state index contributed by atoms with van der Waals surface area (Å²) < 4.78 is 5.54. The molecule has 0 bridgehead atoms. The first-order chi connectivity index (χ1) is 7.04. The van der Waals surface area contributed by atoms with Gasteiger partial charge in [0.05, 0.1) is 24.3 Å². The molecule has 0 aromatic heterocycles. The largest absolute Gasteiger partial charge is 0.493 e. The quantitative estimate of drug-likeness (QED) is 0.701. The summed E-state index contributed by atoms with van der Waals surface area (Å²) in [6.07, 6.45) is -0.574. The monoisotopic (exact) mass is 203 g/mol. The third-order valence-corrected chi connectivity index (χ3v) is 2.77. The van der Waals surface area contributed by atoms with E-state index in [0.29, 0.717) is 23.5 Å². The number of ether oxygens (including phenoxy) is 1. The number of hydrogen-bond donors (Lipinski definition) is 1. The van der Waals surface area contributed by atoms with Gasteiger partial charge in [0.15, 0.2) is 0 Å². The minimum Gasteiger partial charge on any atom is -0.493 e. The second kappa shape index (κ2) is 3.25. The average Bonchev–Trinajstić information content (AvgIpc) is 2.24. The van der Waals surface area contributed by atoms with Gasteiger partial charge < -0.3 is 9.84 Å². The topological polar surface area (TPSA) is 53.2 Å². The summed E-state index contributed by atoms with van der Waals surface area (Å²) in [6, 6.07) is 7.19. The molecule has 0 amide bonds. The lowest BCUT2D eigenvalue weighted by atomic mass is 9.81. The van der Waals surface area contributed by atoms with Gasteiger partial charge in [-0.3, -0.25) is 0 Å². The van der Waals surface area contributed by atoms with E-state index in [4.69, 9.17) is 10.00 Å². The number of aliphatic hydroxyl groups excluding tert-OH is 1. The van der Waals surface area contributed by atoms with Crippen molar-refractivity contribution >= 4 is 0 Å². The number of aliphatic hydroxyl groups is 1. The highest BCUT2D eigenvalue weighted by molar-refractivity contribution is 5.44. The van der Waals surface area contributed by atoms with E-state index in [-0.39, 0.29) is 5.41 Å². The van der Waals surface area contributed by atoms with E-state index >= 15 is 0 Å². The van der Waals surface area contributed by atoms with Crippen LogP contribution in [0.25, 0.3) is 0 Å². The van der Waals surface area contributed by atoms with Crippen molar-refractivity contribution in [3.8, 4) is 11.8 Å². The predicted molar refractivity (Wildman–Crippen MR) is 55.4 cm³/mol. The Morgan fingerprint density at radius 1 is 1.53 bits per heavy atom. The van der Waals surface area contributed by atoms with Gasteiger partial charge in [0.2, 0.25) is 0 Å². The van der Waals surface area contributed by atoms with Crippen molar-refractivity contribution in [3.05, 3.63) is 29.3 Å². The van der Waals surface area contributed by atoms with Gasteiger partial charge in [-0.15, -0.1) is 0 Å². The fourth-order valence-corrected chi connectivity index (χ4v) is 1.73. The Hall–Kier alpha value is -1.53. The van der Waals surface area contributed by atoms with Crippen molar-refractivity contribution in [1.82, 2.24) is 0 Å². The van der Waals surface area contributed by atoms with E-state index in [9.17, 15) is 5.11 Å². The lowest BCUT2D eigenvalue weighted by molar-refractivity contribution is -0.00720. The molecule has 0 saturated carbocycles. The summed E-state index contributed by atoms with van der Waals surface area (Å²) in [7, 11) is 0. The summed E-state index contributed by atoms with van der Waals surface area (Å²) in [5.41, 5.74) is 0.959. The van der Waals surface area contributed by atoms with Gasteiger partial charge >= 0.3 is 0 Å². The summed E-state index contributed by atoms with van der Waals surface area (Å²) in [6.45, 7) is 4.38. The molecular formula is C12H13NO2. The number of hydrogen-bond acceptors (Lipinski definition) is 3. The molecule has 0 saturated heterocycles. The number of rotatable bonds is 0. The standard InChI is InChI=1S/C12H13NO2/c1-12(2)7-15-10-4-3-8(6-13)5-9(10)11(12)14/h3-5,11,14H,7H2,1-2H3. The van der Waals surface area contributed by atoms with Crippen LogP contribution in [0.5, 0.6) is 5.75 Å². The Kier molecular flexibility index (Phi) is 2.17. The lowest BCUT2D eigenvalue weighted by Crippen LogP contribution is -2.33. The van der Waals surface area contributed by atoms with E-state index in [1.807, 2.05) is 13.8 Å². The van der Waals surface area contributed by atoms with Crippen LogP contribution in [0.1, 0.15) is 31.1 Å². The SMILES string of the molecule is CC1(C)COc2ccc(C#N)cc2C1O. The lowest BCUT2D eigenvalue weighted by Gasteiger charge is -2.36. The van der Waals surface area contributed by atoms with E-state index in [1.165, 1.54) is 0 Å². The molecule has 0 fully saturated rings. The molecule has 78 valence electrons. The smallest absolute Gasteiger partial charge is 0.125 e. The number of nitriles is 1. The molecule has 0 radical (unpaired) electrons. The molecule has 0 aliphatic carbocycles. The highest BCUT2D eigenvalue weighted by atomic mass is 16.5. The summed E-state index contributed by atoms with van der Waals surface area (Å²) in [5, 5.41) is 18.9. The van der Waals surface area contributed by atoms with Gasteiger partial charge in [0.1, 0.15) is 5.75 Å². The van der Waals surface area contributed by atoms with Crippen molar-refractivity contribution in [3.63, 3.8) is 0 Å². The van der Waals surface area contributed by atoms with Gasteiger partial charge in [-0.2, -0.15) is 5.26 Å². The zero-order valence-corrected chi connectivity index (χ0v) is 8.82. The molecule has 1 aliphatic heterocycles. The molecular weight excluding hydrogens is 190 g/mol. The maximum absolute atomic E-state index is 10.1. The molecule has 15 heavy (non-hydrogen) atoms. The van der Waals surface area contributed by atoms with Crippen LogP contribution < -0.4 is 4.74 Å². The van der Waals surface area contributed by atoms with Gasteiger partial charge in [-0.1, -0.05) is 13.8 Å². The zero-order chi connectivity index (χ0) is 11.1. The van der Waals surface area contributed by atoms with Crippen LogP contribution in [-0.2, 0) is 0 Å². The van der Waals surface area contributed by atoms with Gasteiger partial charge in [0, 0.05) is 11.0 Å². The van der Waals surface area contributed by atoms with E-state index in [1.54, 1.807) is 18.2 Å². The number of fused-ring (bicyclic) bond motifs is 1.